The zero-order valence-corrected chi connectivity index (χ0v) is 11.1. The summed E-state index contributed by atoms with van der Waals surface area (Å²) in [6.45, 7) is 8.32. The smallest absolute Gasteiger partial charge is 0.122 e. The highest BCUT2D eigenvalue weighted by molar-refractivity contribution is 5.54. The lowest BCUT2D eigenvalue weighted by molar-refractivity contribution is 0.0761. The van der Waals surface area contributed by atoms with Crippen LogP contribution in [0.1, 0.15) is 25.5 Å². The Morgan fingerprint density at radius 1 is 1.39 bits per heavy atom. The van der Waals surface area contributed by atoms with Crippen molar-refractivity contribution >= 4 is 5.69 Å². The Hall–Kier alpha value is -1.26. The molecule has 0 aromatic heterocycles. The van der Waals surface area contributed by atoms with Gasteiger partial charge in [0.2, 0.25) is 0 Å². The predicted molar refractivity (Wildman–Crippen MR) is 73.2 cm³/mol. The van der Waals surface area contributed by atoms with Crippen LogP contribution in [0.2, 0.25) is 0 Å². The Balaban J connectivity index is 2.18. The molecule has 4 heteroatoms. The summed E-state index contributed by atoms with van der Waals surface area (Å²) >= 11 is 0. The first-order valence-electron chi connectivity index (χ1n) is 6.65. The average molecular weight is 250 g/mol. The molecule has 0 aliphatic carbocycles. The van der Waals surface area contributed by atoms with Gasteiger partial charge in [-0.1, -0.05) is 6.07 Å². The van der Waals surface area contributed by atoms with Crippen molar-refractivity contribution in [2.75, 3.05) is 37.7 Å². The Bertz CT molecular complexity index is 385. The Labute approximate surface area is 109 Å². The van der Waals surface area contributed by atoms with Crippen LogP contribution in [0.15, 0.2) is 18.2 Å². The van der Waals surface area contributed by atoms with E-state index < -0.39 is 0 Å². The highest BCUT2D eigenvalue weighted by atomic mass is 16.5. The largest absolute Gasteiger partial charge is 0.508 e. The van der Waals surface area contributed by atoms with Crippen molar-refractivity contribution in [3.8, 4) is 5.75 Å². The number of hydrogen-bond donors (Lipinski definition) is 2. The minimum Gasteiger partial charge on any atom is -0.508 e. The number of nitrogens with zero attached hydrogens (tertiary/aromatic N) is 1. The molecule has 1 aliphatic rings. The number of phenolic OH excluding ortho intramolecular Hbond substituents is 1. The van der Waals surface area contributed by atoms with Crippen LogP contribution in [0.25, 0.3) is 0 Å². The van der Waals surface area contributed by atoms with Crippen LogP contribution >= 0.6 is 0 Å². The summed E-state index contributed by atoms with van der Waals surface area (Å²) in [5.41, 5.74) is 1.99. The first-order chi connectivity index (χ1) is 8.76. The molecule has 4 nitrogen and oxygen atoms in total. The van der Waals surface area contributed by atoms with Gasteiger partial charge in [-0.2, -0.15) is 0 Å². The molecule has 0 saturated carbocycles. The third kappa shape index (κ3) is 2.76. The van der Waals surface area contributed by atoms with Gasteiger partial charge in [-0.15, -0.1) is 0 Å². The van der Waals surface area contributed by atoms with Gasteiger partial charge in [0, 0.05) is 37.0 Å². The van der Waals surface area contributed by atoms with E-state index in [2.05, 4.69) is 30.1 Å². The molecule has 2 rings (SSSR count). The molecular formula is C14H22N2O2. The molecular weight excluding hydrogens is 228 g/mol. The first kappa shape index (κ1) is 13.2. The van der Waals surface area contributed by atoms with E-state index in [0.717, 1.165) is 37.5 Å². The van der Waals surface area contributed by atoms with Gasteiger partial charge in [-0.3, -0.25) is 0 Å². The molecule has 0 bridgehead atoms. The molecule has 100 valence electrons. The fourth-order valence-corrected chi connectivity index (χ4v) is 2.38. The van der Waals surface area contributed by atoms with E-state index in [9.17, 15) is 5.11 Å². The van der Waals surface area contributed by atoms with E-state index in [-0.39, 0.29) is 6.04 Å². The second-order valence-electron chi connectivity index (χ2n) is 4.50. The number of phenols is 1. The third-order valence-corrected chi connectivity index (χ3v) is 3.44. The second kappa shape index (κ2) is 6.07. The molecule has 1 saturated heterocycles. The summed E-state index contributed by atoms with van der Waals surface area (Å²) in [7, 11) is 0. The molecule has 1 aromatic rings. The summed E-state index contributed by atoms with van der Waals surface area (Å²) < 4.78 is 5.43. The van der Waals surface area contributed by atoms with Crippen LogP contribution in [-0.2, 0) is 4.74 Å². The number of rotatable bonds is 4. The predicted octanol–water partition coefficient (Wildman–Crippen LogP) is 1.90. The van der Waals surface area contributed by atoms with Gasteiger partial charge in [0.15, 0.2) is 0 Å². The van der Waals surface area contributed by atoms with Crippen molar-refractivity contribution in [1.82, 2.24) is 5.32 Å². The SMILES string of the molecule is CCN(CC)c1ccc([C@H]2COCCN2)c(O)c1. The number of aromatic hydroxyl groups is 1. The van der Waals surface area contributed by atoms with E-state index in [1.54, 1.807) is 0 Å². The normalized spacial score (nSPS) is 19.8. The maximum absolute atomic E-state index is 10.2. The molecule has 1 aromatic carbocycles. The minimum absolute atomic E-state index is 0.101. The zero-order valence-electron chi connectivity index (χ0n) is 11.1. The molecule has 0 amide bonds. The molecule has 0 spiro atoms. The van der Waals surface area contributed by atoms with Gasteiger partial charge in [-0.05, 0) is 19.9 Å². The molecule has 0 radical (unpaired) electrons. The van der Waals surface area contributed by atoms with Crippen LogP contribution < -0.4 is 10.2 Å². The standard InChI is InChI=1S/C14H22N2O2/c1-3-16(4-2)11-5-6-12(14(17)9-11)13-10-18-8-7-15-13/h5-6,9,13,15,17H,3-4,7-8,10H2,1-2H3/t13-/m1/s1. The van der Waals surface area contributed by atoms with Crippen molar-refractivity contribution in [3.63, 3.8) is 0 Å². The number of benzene rings is 1. The maximum atomic E-state index is 10.2. The highest BCUT2D eigenvalue weighted by Gasteiger charge is 2.19. The fraction of sp³-hybridized carbons (Fsp3) is 0.571. The summed E-state index contributed by atoms with van der Waals surface area (Å²) in [4.78, 5) is 2.22. The number of hydrogen-bond acceptors (Lipinski definition) is 4. The third-order valence-electron chi connectivity index (χ3n) is 3.44. The summed E-state index contributed by atoms with van der Waals surface area (Å²) in [5, 5.41) is 13.5. The number of morpholine rings is 1. The number of ether oxygens (including phenoxy) is 1. The van der Waals surface area contributed by atoms with Crippen LogP contribution in [0.4, 0.5) is 5.69 Å². The minimum atomic E-state index is 0.101. The van der Waals surface area contributed by atoms with Gasteiger partial charge in [0.1, 0.15) is 5.75 Å². The molecule has 1 atom stereocenters. The molecule has 18 heavy (non-hydrogen) atoms. The van der Waals surface area contributed by atoms with Gasteiger partial charge in [-0.25, -0.2) is 0 Å². The van der Waals surface area contributed by atoms with Crippen LogP contribution in [0.5, 0.6) is 5.75 Å². The Morgan fingerprint density at radius 3 is 2.72 bits per heavy atom. The van der Waals surface area contributed by atoms with Crippen molar-refractivity contribution in [2.45, 2.75) is 19.9 Å². The zero-order chi connectivity index (χ0) is 13.0. The molecule has 1 aliphatic heterocycles. The lowest BCUT2D eigenvalue weighted by Gasteiger charge is -2.26. The molecule has 1 heterocycles. The van der Waals surface area contributed by atoms with Gasteiger partial charge in [0.25, 0.3) is 0 Å². The van der Waals surface area contributed by atoms with Crippen LogP contribution in [0, 0.1) is 0 Å². The van der Waals surface area contributed by atoms with E-state index >= 15 is 0 Å². The topological polar surface area (TPSA) is 44.7 Å². The van der Waals surface area contributed by atoms with Gasteiger partial charge < -0.3 is 20.1 Å². The molecule has 0 unspecified atom stereocenters. The van der Waals surface area contributed by atoms with Crippen molar-refractivity contribution in [2.24, 2.45) is 0 Å². The second-order valence-corrected chi connectivity index (χ2v) is 4.50. The quantitative estimate of drug-likeness (QED) is 0.856. The van der Waals surface area contributed by atoms with Crippen molar-refractivity contribution in [1.29, 1.82) is 0 Å². The summed E-state index contributed by atoms with van der Waals surface area (Å²) in [6, 6.07) is 6.01. The monoisotopic (exact) mass is 250 g/mol. The van der Waals surface area contributed by atoms with Crippen LogP contribution in [0.3, 0.4) is 0 Å². The Morgan fingerprint density at radius 2 is 2.17 bits per heavy atom. The van der Waals surface area contributed by atoms with E-state index in [1.807, 2.05) is 12.1 Å². The molecule has 2 N–H and O–H groups in total. The lowest BCUT2D eigenvalue weighted by atomic mass is 10.0. The summed E-state index contributed by atoms with van der Waals surface area (Å²) in [5.74, 6) is 0.349. The first-order valence-corrected chi connectivity index (χ1v) is 6.65. The van der Waals surface area contributed by atoms with E-state index in [4.69, 9.17) is 4.74 Å². The average Bonchev–Trinajstić information content (AvgIpc) is 2.41. The van der Waals surface area contributed by atoms with E-state index in [0.29, 0.717) is 12.4 Å². The maximum Gasteiger partial charge on any atom is 0.122 e. The number of anilines is 1. The van der Waals surface area contributed by atoms with Crippen molar-refractivity contribution in [3.05, 3.63) is 23.8 Å². The fourth-order valence-electron chi connectivity index (χ4n) is 2.38. The van der Waals surface area contributed by atoms with Crippen LogP contribution in [-0.4, -0.2) is 38.0 Å². The number of nitrogens with one attached hydrogen (secondary N) is 1. The van der Waals surface area contributed by atoms with Gasteiger partial charge >= 0.3 is 0 Å². The lowest BCUT2D eigenvalue weighted by Crippen LogP contribution is -2.34. The Kier molecular flexibility index (Phi) is 4.44. The van der Waals surface area contributed by atoms with Gasteiger partial charge in [0.05, 0.1) is 19.3 Å². The van der Waals surface area contributed by atoms with E-state index in [1.165, 1.54) is 0 Å². The summed E-state index contributed by atoms with van der Waals surface area (Å²) in [6.07, 6.45) is 0. The molecule has 1 fully saturated rings. The highest BCUT2D eigenvalue weighted by Crippen LogP contribution is 2.30. The van der Waals surface area contributed by atoms with Crippen molar-refractivity contribution < 1.29 is 9.84 Å².